The molecule has 1 N–H and O–H groups in total. The number of unbranched alkanes of at least 4 members (excludes halogenated alkanes) is 1. The van der Waals surface area contributed by atoms with E-state index in [1.54, 1.807) is 0 Å². The second-order valence-corrected chi connectivity index (χ2v) is 9.07. The molecule has 3 aromatic carbocycles. The summed E-state index contributed by atoms with van der Waals surface area (Å²) in [6.45, 7) is -0.254. The molecular formula is C30H27F3N4O3. The van der Waals surface area contributed by atoms with E-state index in [4.69, 9.17) is 10.00 Å². The molecule has 1 aromatic heterocycles. The van der Waals surface area contributed by atoms with Crippen molar-refractivity contribution in [1.29, 1.82) is 5.26 Å². The topological polar surface area (TPSA) is 89.0 Å². The van der Waals surface area contributed by atoms with E-state index in [9.17, 15) is 18.4 Å². The molecule has 10 heteroatoms. The van der Waals surface area contributed by atoms with E-state index in [1.165, 1.54) is 31.4 Å². The van der Waals surface area contributed by atoms with Gasteiger partial charge in [-0.1, -0.05) is 48.5 Å². The number of halogens is 3. The Labute approximate surface area is 228 Å². The van der Waals surface area contributed by atoms with Crippen molar-refractivity contribution in [2.24, 2.45) is 0 Å². The second kappa shape index (κ2) is 13.0. The Bertz CT molecular complexity index is 1630. The van der Waals surface area contributed by atoms with Gasteiger partial charge in [0.15, 0.2) is 11.6 Å². The van der Waals surface area contributed by atoms with E-state index in [1.807, 2.05) is 30.3 Å². The van der Waals surface area contributed by atoms with E-state index < -0.39 is 41.3 Å². The molecule has 0 saturated carbocycles. The van der Waals surface area contributed by atoms with Crippen molar-refractivity contribution >= 4 is 0 Å². The number of benzene rings is 3. The molecule has 206 valence electrons. The minimum atomic E-state index is -0.861. The Morgan fingerprint density at radius 2 is 1.65 bits per heavy atom. The van der Waals surface area contributed by atoms with Crippen LogP contribution in [0.15, 0.2) is 82.5 Å². The van der Waals surface area contributed by atoms with Gasteiger partial charge in [-0.2, -0.15) is 5.26 Å². The summed E-state index contributed by atoms with van der Waals surface area (Å²) in [6.07, 6.45) is 1.98. The summed E-state index contributed by atoms with van der Waals surface area (Å²) in [4.78, 5) is 27.4. The zero-order chi connectivity index (χ0) is 28.6. The number of aromatic nitrogens is 2. The summed E-state index contributed by atoms with van der Waals surface area (Å²) in [5.41, 5.74) is -1.50. The molecule has 4 aromatic rings. The lowest BCUT2D eigenvalue weighted by Crippen LogP contribution is -2.43. The molecule has 0 radical (unpaired) electrons. The maximum absolute atomic E-state index is 15.3. The van der Waals surface area contributed by atoms with Crippen LogP contribution in [0, 0.1) is 28.8 Å². The van der Waals surface area contributed by atoms with Gasteiger partial charge in [0.05, 0.1) is 37.9 Å². The smallest absolute Gasteiger partial charge is 0.331 e. The van der Waals surface area contributed by atoms with Gasteiger partial charge in [-0.05, 0) is 36.7 Å². The van der Waals surface area contributed by atoms with Crippen molar-refractivity contribution in [3.05, 3.63) is 122 Å². The predicted molar refractivity (Wildman–Crippen MR) is 144 cm³/mol. The largest absolute Gasteiger partial charge is 0.494 e. The highest BCUT2D eigenvalue weighted by molar-refractivity contribution is 5.64. The van der Waals surface area contributed by atoms with Gasteiger partial charge in [-0.3, -0.25) is 13.9 Å². The lowest BCUT2D eigenvalue weighted by molar-refractivity contribution is 0.387. The van der Waals surface area contributed by atoms with E-state index in [0.717, 1.165) is 33.0 Å². The standard InChI is InChI=1S/C30H27F3N4O3/c1-40-27-14-7-11-21(28(27)33)22-17-36(18-23-24(31)12-8-13-25(23)32)30(39)37(29(22)38)19-26(35-16-6-5-15-34)20-9-3-2-4-10-20/h2-4,7-14,17,26,35H,5-6,16,18-19H2,1H3/t26-/m0/s1. The van der Waals surface area contributed by atoms with E-state index in [2.05, 4.69) is 11.4 Å². The summed E-state index contributed by atoms with van der Waals surface area (Å²) >= 11 is 0. The fourth-order valence-electron chi connectivity index (χ4n) is 4.44. The molecule has 40 heavy (non-hydrogen) atoms. The van der Waals surface area contributed by atoms with Crippen LogP contribution in [0.4, 0.5) is 13.2 Å². The molecule has 7 nitrogen and oxygen atoms in total. The summed E-state index contributed by atoms with van der Waals surface area (Å²) < 4.78 is 51.4. The molecule has 0 saturated heterocycles. The van der Waals surface area contributed by atoms with Gasteiger partial charge in [-0.15, -0.1) is 0 Å². The highest BCUT2D eigenvalue weighted by Gasteiger charge is 2.22. The first kappa shape index (κ1) is 28.4. The maximum Gasteiger partial charge on any atom is 0.331 e. The molecule has 0 fully saturated rings. The Hall–Kier alpha value is -4.62. The second-order valence-electron chi connectivity index (χ2n) is 9.07. The summed E-state index contributed by atoms with van der Waals surface area (Å²) in [7, 11) is 1.28. The lowest BCUT2D eigenvalue weighted by Gasteiger charge is -2.22. The number of nitriles is 1. The fourth-order valence-corrected chi connectivity index (χ4v) is 4.44. The van der Waals surface area contributed by atoms with Crippen molar-refractivity contribution in [2.75, 3.05) is 13.7 Å². The summed E-state index contributed by atoms with van der Waals surface area (Å²) in [5.74, 6) is -2.65. The van der Waals surface area contributed by atoms with Gasteiger partial charge in [0.2, 0.25) is 0 Å². The molecule has 0 aliphatic carbocycles. The van der Waals surface area contributed by atoms with Gasteiger partial charge in [0.25, 0.3) is 5.56 Å². The Kier molecular flexibility index (Phi) is 9.19. The quantitative estimate of drug-likeness (QED) is 0.273. The highest BCUT2D eigenvalue weighted by Crippen LogP contribution is 2.27. The average molecular weight is 549 g/mol. The highest BCUT2D eigenvalue weighted by atomic mass is 19.1. The van der Waals surface area contributed by atoms with Gasteiger partial charge in [0.1, 0.15) is 11.6 Å². The number of methoxy groups -OCH3 is 1. The van der Waals surface area contributed by atoms with E-state index in [-0.39, 0.29) is 29.0 Å². The fraction of sp³-hybridized carbons (Fsp3) is 0.233. The molecule has 0 aliphatic heterocycles. The zero-order valence-corrected chi connectivity index (χ0v) is 21.7. The Balaban J connectivity index is 1.88. The van der Waals surface area contributed by atoms with Gasteiger partial charge in [-0.25, -0.2) is 18.0 Å². The molecule has 0 unspecified atom stereocenters. The third-order valence-corrected chi connectivity index (χ3v) is 6.52. The Morgan fingerprint density at radius 3 is 2.33 bits per heavy atom. The third-order valence-electron chi connectivity index (χ3n) is 6.52. The van der Waals surface area contributed by atoms with Crippen LogP contribution < -0.4 is 21.3 Å². The minimum Gasteiger partial charge on any atom is -0.494 e. The summed E-state index contributed by atoms with van der Waals surface area (Å²) in [5, 5.41) is 12.2. The molecule has 0 spiro atoms. The van der Waals surface area contributed by atoms with Crippen LogP contribution in [-0.4, -0.2) is 22.8 Å². The number of nitrogens with one attached hydrogen (secondary N) is 1. The molecular weight excluding hydrogens is 521 g/mol. The molecule has 0 aliphatic rings. The minimum absolute atomic E-state index is 0.109. The Morgan fingerprint density at radius 1 is 0.950 bits per heavy atom. The maximum atomic E-state index is 15.3. The monoisotopic (exact) mass is 548 g/mol. The van der Waals surface area contributed by atoms with Crippen LogP contribution >= 0.6 is 0 Å². The molecule has 1 atom stereocenters. The number of ether oxygens (including phenoxy) is 1. The van der Waals surface area contributed by atoms with Gasteiger partial charge in [0, 0.05) is 23.7 Å². The van der Waals surface area contributed by atoms with Crippen molar-refractivity contribution in [3.63, 3.8) is 0 Å². The van der Waals surface area contributed by atoms with Crippen molar-refractivity contribution < 1.29 is 17.9 Å². The van der Waals surface area contributed by atoms with Crippen LogP contribution in [0.1, 0.15) is 30.0 Å². The summed E-state index contributed by atoms with van der Waals surface area (Å²) in [6, 6.07) is 18.2. The number of rotatable bonds is 11. The lowest BCUT2D eigenvalue weighted by atomic mass is 10.1. The van der Waals surface area contributed by atoms with Crippen molar-refractivity contribution in [3.8, 4) is 22.9 Å². The first-order valence-corrected chi connectivity index (χ1v) is 12.6. The van der Waals surface area contributed by atoms with Crippen LogP contribution in [0.2, 0.25) is 0 Å². The van der Waals surface area contributed by atoms with Gasteiger partial charge >= 0.3 is 5.69 Å². The van der Waals surface area contributed by atoms with Crippen LogP contribution in [0.5, 0.6) is 5.75 Å². The molecule has 0 amide bonds. The molecule has 4 rings (SSSR count). The number of hydrogen-bond acceptors (Lipinski definition) is 5. The van der Waals surface area contributed by atoms with Gasteiger partial charge < -0.3 is 10.1 Å². The third kappa shape index (κ3) is 6.16. The number of hydrogen-bond donors (Lipinski definition) is 1. The molecule has 0 bridgehead atoms. The van der Waals surface area contributed by atoms with Crippen molar-refractivity contribution in [1.82, 2.24) is 14.5 Å². The normalized spacial score (nSPS) is 11.7. The van der Waals surface area contributed by atoms with E-state index in [0.29, 0.717) is 19.4 Å². The average Bonchev–Trinajstić information content (AvgIpc) is 2.96. The van der Waals surface area contributed by atoms with Crippen LogP contribution in [0.3, 0.4) is 0 Å². The molecule has 1 heterocycles. The van der Waals surface area contributed by atoms with Crippen LogP contribution in [-0.2, 0) is 13.1 Å². The number of nitrogens with zero attached hydrogens (tertiary/aromatic N) is 3. The predicted octanol–water partition coefficient (Wildman–Crippen LogP) is 4.79. The first-order valence-electron chi connectivity index (χ1n) is 12.6. The first-order chi connectivity index (χ1) is 19.3. The SMILES string of the molecule is COc1cccc(-c2cn(Cc3c(F)cccc3F)c(=O)n(C[C@H](NCCCC#N)c3ccccc3)c2=O)c1F. The van der Waals surface area contributed by atoms with Crippen LogP contribution in [0.25, 0.3) is 11.1 Å². The van der Waals surface area contributed by atoms with E-state index >= 15 is 4.39 Å². The zero-order valence-electron chi connectivity index (χ0n) is 21.7. The van der Waals surface area contributed by atoms with Crippen molar-refractivity contribution in [2.45, 2.75) is 32.0 Å².